The van der Waals surface area contributed by atoms with E-state index in [1.807, 2.05) is 17.2 Å². The van der Waals surface area contributed by atoms with Gasteiger partial charge in [0.1, 0.15) is 5.01 Å². The van der Waals surface area contributed by atoms with Crippen LogP contribution in [0.25, 0.3) is 0 Å². The minimum absolute atomic E-state index is 0.0127. The highest BCUT2D eigenvalue weighted by Gasteiger charge is 2.35. The van der Waals surface area contributed by atoms with Gasteiger partial charge in [0.25, 0.3) is 11.8 Å². The van der Waals surface area contributed by atoms with Gasteiger partial charge in [-0.25, -0.2) is 4.98 Å². The van der Waals surface area contributed by atoms with Crippen molar-refractivity contribution < 1.29 is 14.4 Å². The van der Waals surface area contributed by atoms with Crippen LogP contribution in [0, 0.1) is 6.92 Å². The number of benzene rings is 1. The largest absolute Gasteiger partial charge is 0.340 e. The zero-order valence-corrected chi connectivity index (χ0v) is 16.6. The molecule has 1 saturated heterocycles. The average molecular weight is 398 g/mol. The lowest BCUT2D eigenvalue weighted by atomic mass is 10.1. The molecule has 7 nitrogen and oxygen atoms in total. The molecule has 0 aliphatic carbocycles. The molecule has 0 radical (unpaired) electrons. The molecule has 0 N–H and O–H groups in total. The van der Waals surface area contributed by atoms with E-state index in [0.29, 0.717) is 24.2 Å². The number of hydrogen-bond donors (Lipinski definition) is 0. The Bertz CT molecular complexity index is 883. The summed E-state index contributed by atoms with van der Waals surface area (Å²) in [5.41, 5.74) is 1.89. The topological polar surface area (TPSA) is 73.8 Å². The van der Waals surface area contributed by atoms with Crippen molar-refractivity contribution in [3.63, 3.8) is 0 Å². The number of carbonyl (C=O) groups is 3. The molecule has 0 spiro atoms. The number of rotatable bonds is 5. The minimum atomic E-state index is -0.308. The molecule has 2 aliphatic heterocycles. The molecule has 3 heterocycles. The summed E-state index contributed by atoms with van der Waals surface area (Å²) in [6.45, 7) is 5.86. The molecule has 4 rings (SSSR count). The molecular formula is C20H22N4O3S. The molecule has 8 heteroatoms. The molecule has 2 aliphatic rings. The van der Waals surface area contributed by atoms with Crippen molar-refractivity contribution >= 4 is 29.1 Å². The quantitative estimate of drug-likeness (QED) is 0.718. The first-order chi connectivity index (χ1) is 13.5. The highest BCUT2D eigenvalue weighted by molar-refractivity contribution is 7.09. The van der Waals surface area contributed by atoms with Crippen LogP contribution in [0.5, 0.6) is 0 Å². The zero-order chi connectivity index (χ0) is 19.7. The number of carbonyl (C=O) groups excluding carboxylic acids is 3. The minimum Gasteiger partial charge on any atom is -0.340 e. The summed E-state index contributed by atoms with van der Waals surface area (Å²) in [7, 11) is 0. The van der Waals surface area contributed by atoms with Crippen LogP contribution in [0.15, 0.2) is 29.6 Å². The van der Waals surface area contributed by atoms with E-state index in [2.05, 4.69) is 9.88 Å². The van der Waals surface area contributed by atoms with Gasteiger partial charge in [-0.15, -0.1) is 11.3 Å². The summed E-state index contributed by atoms with van der Waals surface area (Å²) in [6.07, 6.45) is 0.164. The highest BCUT2D eigenvalue weighted by Crippen LogP contribution is 2.22. The van der Waals surface area contributed by atoms with Gasteiger partial charge in [-0.05, 0) is 19.1 Å². The second-order valence-corrected chi connectivity index (χ2v) is 8.04. The molecule has 0 bridgehead atoms. The van der Waals surface area contributed by atoms with E-state index in [-0.39, 0.29) is 30.7 Å². The number of aromatic nitrogens is 1. The number of nitrogens with zero attached hydrogens (tertiary/aromatic N) is 4. The third kappa shape index (κ3) is 3.70. The van der Waals surface area contributed by atoms with E-state index in [4.69, 9.17) is 0 Å². The van der Waals surface area contributed by atoms with Crippen LogP contribution in [0.3, 0.4) is 0 Å². The molecule has 1 fully saturated rings. The van der Waals surface area contributed by atoms with E-state index in [1.54, 1.807) is 35.6 Å². The van der Waals surface area contributed by atoms with Gasteiger partial charge in [-0.3, -0.25) is 24.2 Å². The van der Waals surface area contributed by atoms with Crippen LogP contribution in [-0.4, -0.2) is 70.1 Å². The highest BCUT2D eigenvalue weighted by atomic mass is 32.1. The van der Waals surface area contributed by atoms with Crippen LogP contribution in [-0.2, 0) is 11.3 Å². The lowest BCUT2D eigenvalue weighted by Crippen LogP contribution is -2.49. The Morgan fingerprint density at radius 3 is 2.29 bits per heavy atom. The van der Waals surface area contributed by atoms with E-state index in [9.17, 15) is 14.4 Å². The van der Waals surface area contributed by atoms with Crippen molar-refractivity contribution in [3.8, 4) is 0 Å². The molecule has 28 heavy (non-hydrogen) atoms. The van der Waals surface area contributed by atoms with Crippen molar-refractivity contribution in [1.82, 2.24) is 19.7 Å². The molecule has 1 aromatic heterocycles. The molecule has 146 valence electrons. The van der Waals surface area contributed by atoms with Gasteiger partial charge in [0.15, 0.2) is 0 Å². The Kier molecular flexibility index (Phi) is 5.23. The fourth-order valence-electron chi connectivity index (χ4n) is 3.63. The Morgan fingerprint density at radius 1 is 1.07 bits per heavy atom. The Hall–Kier alpha value is -2.58. The van der Waals surface area contributed by atoms with E-state index < -0.39 is 0 Å². The predicted molar refractivity (Wildman–Crippen MR) is 105 cm³/mol. The Balaban J connectivity index is 1.26. The summed E-state index contributed by atoms with van der Waals surface area (Å²) in [5.74, 6) is -0.629. The smallest absolute Gasteiger partial charge is 0.261 e. The first kappa shape index (κ1) is 18.8. The van der Waals surface area contributed by atoms with Crippen LogP contribution in [0.2, 0.25) is 0 Å². The second kappa shape index (κ2) is 7.81. The number of amides is 3. The maximum Gasteiger partial charge on any atom is 0.261 e. The van der Waals surface area contributed by atoms with Gasteiger partial charge in [-0.1, -0.05) is 12.1 Å². The third-order valence-corrected chi connectivity index (χ3v) is 6.13. The number of imide groups is 1. The predicted octanol–water partition coefficient (Wildman–Crippen LogP) is 1.78. The van der Waals surface area contributed by atoms with E-state index >= 15 is 0 Å². The van der Waals surface area contributed by atoms with Gasteiger partial charge < -0.3 is 4.90 Å². The summed E-state index contributed by atoms with van der Waals surface area (Å²) >= 11 is 1.67. The fraction of sp³-hybridized carbons (Fsp3) is 0.400. The van der Waals surface area contributed by atoms with Crippen LogP contribution < -0.4 is 0 Å². The van der Waals surface area contributed by atoms with Crippen molar-refractivity contribution in [1.29, 1.82) is 0 Å². The SMILES string of the molecule is Cc1csc(CN2CCN(C(=O)CCN3C(=O)c4ccccc4C3=O)CC2)n1. The summed E-state index contributed by atoms with van der Waals surface area (Å²) in [4.78, 5) is 47.1. The molecule has 0 unspecified atom stereocenters. The average Bonchev–Trinajstić information content (AvgIpc) is 3.22. The van der Waals surface area contributed by atoms with Crippen molar-refractivity contribution in [2.75, 3.05) is 32.7 Å². The monoisotopic (exact) mass is 398 g/mol. The number of fused-ring (bicyclic) bond motifs is 1. The normalized spacial score (nSPS) is 17.3. The number of piperazine rings is 1. The molecule has 3 amide bonds. The summed E-state index contributed by atoms with van der Waals surface area (Å²) in [5, 5.41) is 3.15. The maximum atomic E-state index is 12.6. The molecule has 0 saturated carbocycles. The first-order valence-electron chi connectivity index (χ1n) is 9.39. The standard InChI is InChI=1S/C20H22N4O3S/c1-14-13-28-17(21-14)12-22-8-10-23(11-9-22)18(25)6-7-24-19(26)15-4-2-3-5-16(15)20(24)27/h2-5,13H,6-12H2,1H3. The second-order valence-electron chi connectivity index (χ2n) is 7.10. The Labute approximate surface area is 167 Å². The third-order valence-electron chi connectivity index (χ3n) is 5.18. The van der Waals surface area contributed by atoms with E-state index in [0.717, 1.165) is 30.3 Å². The molecule has 0 atom stereocenters. The maximum absolute atomic E-state index is 12.6. The summed E-state index contributed by atoms with van der Waals surface area (Å²) < 4.78 is 0. The lowest BCUT2D eigenvalue weighted by molar-refractivity contribution is -0.133. The zero-order valence-electron chi connectivity index (χ0n) is 15.8. The van der Waals surface area contributed by atoms with Crippen molar-refractivity contribution in [3.05, 3.63) is 51.5 Å². The van der Waals surface area contributed by atoms with Crippen molar-refractivity contribution in [2.45, 2.75) is 19.9 Å². The Morgan fingerprint density at radius 2 is 1.71 bits per heavy atom. The number of aryl methyl sites for hydroxylation is 1. The number of hydrogen-bond acceptors (Lipinski definition) is 6. The van der Waals surface area contributed by atoms with Crippen LogP contribution >= 0.6 is 11.3 Å². The van der Waals surface area contributed by atoms with E-state index in [1.165, 1.54) is 4.90 Å². The first-order valence-corrected chi connectivity index (χ1v) is 10.3. The van der Waals surface area contributed by atoms with Crippen molar-refractivity contribution in [2.24, 2.45) is 0 Å². The van der Waals surface area contributed by atoms with Gasteiger partial charge in [0.2, 0.25) is 5.91 Å². The van der Waals surface area contributed by atoms with Gasteiger partial charge >= 0.3 is 0 Å². The lowest BCUT2D eigenvalue weighted by Gasteiger charge is -2.34. The van der Waals surface area contributed by atoms with Crippen LogP contribution in [0.4, 0.5) is 0 Å². The van der Waals surface area contributed by atoms with Gasteiger partial charge in [0, 0.05) is 50.2 Å². The molecule has 1 aromatic carbocycles. The van der Waals surface area contributed by atoms with Gasteiger partial charge in [0.05, 0.1) is 17.7 Å². The molecule has 2 aromatic rings. The van der Waals surface area contributed by atoms with Crippen LogP contribution in [0.1, 0.15) is 37.8 Å². The fourth-order valence-corrected chi connectivity index (χ4v) is 4.44. The summed E-state index contributed by atoms with van der Waals surface area (Å²) in [6, 6.07) is 6.79. The van der Waals surface area contributed by atoms with Gasteiger partial charge in [-0.2, -0.15) is 0 Å². The molecular weight excluding hydrogens is 376 g/mol. The number of thiazole rings is 1.